The summed E-state index contributed by atoms with van der Waals surface area (Å²) in [5.41, 5.74) is 9.76. The highest BCUT2D eigenvalue weighted by molar-refractivity contribution is 5.81. The molecule has 7 nitrogen and oxygen atoms in total. The number of rotatable bonds is 6. The number of carbonyl (C=O) groups is 1. The fourth-order valence-electron chi connectivity index (χ4n) is 3.77. The maximum Gasteiger partial charge on any atom is 0.358 e. The van der Waals surface area contributed by atoms with Gasteiger partial charge in [-0.1, -0.05) is 24.8 Å². The van der Waals surface area contributed by atoms with E-state index in [4.69, 9.17) is 10.7 Å². The first-order valence-electron chi connectivity index (χ1n) is 9.32. The summed E-state index contributed by atoms with van der Waals surface area (Å²) in [7, 11) is 0. The summed E-state index contributed by atoms with van der Waals surface area (Å²) in [5.74, 6) is 1.47. The van der Waals surface area contributed by atoms with E-state index in [1.807, 2.05) is 25.3 Å². The van der Waals surface area contributed by atoms with E-state index < -0.39 is 0 Å². The van der Waals surface area contributed by atoms with Crippen molar-refractivity contribution in [2.24, 2.45) is 5.73 Å². The van der Waals surface area contributed by atoms with Crippen molar-refractivity contribution in [2.75, 3.05) is 23.7 Å². The molecule has 140 valence electrons. The van der Waals surface area contributed by atoms with Crippen LogP contribution in [-0.4, -0.2) is 30.0 Å². The molecule has 27 heavy (non-hydrogen) atoms. The molecule has 0 bridgehead atoms. The fourth-order valence-corrected chi connectivity index (χ4v) is 3.77. The summed E-state index contributed by atoms with van der Waals surface area (Å²) >= 11 is 0. The SMILES string of the molecule is C=C(N)NCCCc1nc(C2CNc3ccccc32)c[n+]2c1NC(C)C2=O. The Kier molecular flexibility index (Phi) is 4.43. The zero-order valence-electron chi connectivity index (χ0n) is 15.5. The molecule has 1 aromatic carbocycles. The van der Waals surface area contributed by atoms with Crippen LogP contribution >= 0.6 is 0 Å². The van der Waals surface area contributed by atoms with Crippen molar-refractivity contribution in [1.82, 2.24) is 10.3 Å². The first-order chi connectivity index (χ1) is 13.0. The number of para-hydroxylation sites is 1. The van der Waals surface area contributed by atoms with E-state index in [0.717, 1.165) is 48.8 Å². The molecule has 2 aliphatic heterocycles. The molecule has 2 aliphatic rings. The molecule has 0 spiro atoms. The van der Waals surface area contributed by atoms with Gasteiger partial charge in [0.15, 0.2) is 6.04 Å². The van der Waals surface area contributed by atoms with E-state index in [0.29, 0.717) is 5.82 Å². The van der Waals surface area contributed by atoms with Crippen LogP contribution in [0.1, 0.15) is 41.0 Å². The number of benzene rings is 1. The minimum Gasteiger partial charge on any atom is -0.386 e. The Morgan fingerprint density at radius 2 is 2.26 bits per heavy atom. The second-order valence-electron chi connectivity index (χ2n) is 7.11. The van der Waals surface area contributed by atoms with E-state index >= 15 is 0 Å². The predicted molar refractivity (Wildman–Crippen MR) is 105 cm³/mol. The molecular formula is C20H25N6O+. The molecule has 2 atom stereocenters. The van der Waals surface area contributed by atoms with Gasteiger partial charge in [-0.2, -0.15) is 4.57 Å². The zero-order valence-corrected chi connectivity index (χ0v) is 15.5. The van der Waals surface area contributed by atoms with Crippen LogP contribution in [0.2, 0.25) is 0 Å². The van der Waals surface area contributed by atoms with Crippen molar-refractivity contribution in [3.63, 3.8) is 0 Å². The molecular weight excluding hydrogens is 340 g/mol. The largest absolute Gasteiger partial charge is 0.386 e. The summed E-state index contributed by atoms with van der Waals surface area (Å²) in [6.45, 7) is 7.04. The van der Waals surface area contributed by atoms with Gasteiger partial charge in [0.1, 0.15) is 11.9 Å². The van der Waals surface area contributed by atoms with Crippen molar-refractivity contribution in [3.8, 4) is 0 Å². The Bertz CT molecular complexity index is 909. The molecule has 0 saturated heterocycles. The van der Waals surface area contributed by atoms with Gasteiger partial charge < -0.3 is 16.4 Å². The van der Waals surface area contributed by atoms with Gasteiger partial charge in [0, 0.05) is 24.7 Å². The van der Waals surface area contributed by atoms with Gasteiger partial charge in [-0.3, -0.25) is 5.32 Å². The summed E-state index contributed by atoms with van der Waals surface area (Å²) in [5, 5.41) is 9.75. The van der Waals surface area contributed by atoms with Gasteiger partial charge in [-0.05, 0) is 31.4 Å². The highest BCUT2D eigenvalue weighted by atomic mass is 16.2. The number of hydrogen-bond acceptors (Lipinski definition) is 6. The van der Waals surface area contributed by atoms with E-state index in [1.54, 1.807) is 4.57 Å². The highest BCUT2D eigenvalue weighted by Gasteiger charge is 2.39. The van der Waals surface area contributed by atoms with Crippen molar-refractivity contribution in [2.45, 2.75) is 31.7 Å². The van der Waals surface area contributed by atoms with E-state index in [1.165, 1.54) is 5.56 Å². The number of nitrogens with zero attached hydrogens (tertiary/aromatic N) is 2. The van der Waals surface area contributed by atoms with Crippen LogP contribution in [0.5, 0.6) is 0 Å². The molecule has 0 amide bonds. The predicted octanol–water partition coefficient (Wildman–Crippen LogP) is 1.33. The normalized spacial score (nSPS) is 19.8. The summed E-state index contributed by atoms with van der Waals surface area (Å²) in [6, 6.07) is 8.03. The van der Waals surface area contributed by atoms with Crippen LogP contribution in [0.25, 0.3) is 0 Å². The van der Waals surface area contributed by atoms with Gasteiger partial charge in [-0.15, -0.1) is 0 Å². The number of hydrogen-bond donors (Lipinski definition) is 4. The third kappa shape index (κ3) is 3.20. The summed E-state index contributed by atoms with van der Waals surface area (Å²) < 4.78 is 1.73. The lowest BCUT2D eigenvalue weighted by molar-refractivity contribution is -0.553. The van der Waals surface area contributed by atoms with Crippen molar-refractivity contribution >= 4 is 17.4 Å². The molecule has 0 fully saturated rings. The molecule has 2 aromatic rings. The number of nitrogens with two attached hydrogens (primary N) is 1. The first kappa shape index (κ1) is 17.3. The lowest BCUT2D eigenvalue weighted by atomic mass is 9.98. The van der Waals surface area contributed by atoms with Crippen LogP contribution in [0, 0.1) is 0 Å². The minimum absolute atomic E-state index is 0.0580. The second-order valence-corrected chi connectivity index (χ2v) is 7.11. The molecule has 1 aromatic heterocycles. The maximum atomic E-state index is 12.6. The van der Waals surface area contributed by atoms with E-state index in [2.05, 4.69) is 34.7 Å². The van der Waals surface area contributed by atoms with E-state index in [9.17, 15) is 4.79 Å². The Morgan fingerprint density at radius 3 is 3.07 bits per heavy atom. The number of fused-ring (bicyclic) bond motifs is 2. The average molecular weight is 365 g/mol. The minimum atomic E-state index is -0.239. The standard InChI is InChI=1S/C20H24N6O/c1-12-20(27)26-11-18(15-10-23-16-7-4-3-6-14(15)16)25-17(19(26)24-12)8-5-9-22-13(2)21/h3-4,6-7,11-12,15,22-23H,2,5,8-10,21H2,1H3/p+1. The van der Waals surface area contributed by atoms with Gasteiger partial charge in [0.05, 0.1) is 11.5 Å². The van der Waals surface area contributed by atoms with Crippen LogP contribution < -0.4 is 26.3 Å². The number of carbonyl (C=O) groups excluding carboxylic acids is 1. The fraction of sp³-hybridized carbons (Fsp3) is 0.350. The molecule has 4 rings (SSSR count). The van der Waals surface area contributed by atoms with Gasteiger partial charge in [0.2, 0.25) is 0 Å². The molecule has 3 heterocycles. The van der Waals surface area contributed by atoms with Crippen LogP contribution in [-0.2, 0) is 6.42 Å². The van der Waals surface area contributed by atoms with E-state index in [-0.39, 0.29) is 17.9 Å². The average Bonchev–Trinajstić information content (AvgIpc) is 3.20. The molecule has 0 aliphatic carbocycles. The first-order valence-corrected chi connectivity index (χ1v) is 9.32. The third-order valence-corrected chi connectivity index (χ3v) is 5.13. The lowest BCUT2D eigenvalue weighted by Gasteiger charge is -2.12. The molecule has 0 saturated carbocycles. The topological polar surface area (TPSA) is 95.9 Å². The number of aryl methyl sites for hydroxylation is 1. The Hall–Kier alpha value is -3.09. The van der Waals surface area contributed by atoms with Crippen molar-refractivity contribution < 1.29 is 9.36 Å². The Labute approximate surface area is 158 Å². The summed E-state index contributed by atoms with van der Waals surface area (Å²) in [6.07, 6.45) is 3.49. The smallest absolute Gasteiger partial charge is 0.358 e. The van der Waals surface area contributed by atoms with Gasteiger partial charge in [0.25, 0.3) is 0 Å². The van der Waals surface area contributed by atoms with Gasteiger partial charge in [-0.25, -0.2) is 9.78 Å². The monoisotopic (exact) mass is 365 g/mol. The Morgan fingerprint density at radius 1 is 1.44 bits per heavy atom. The Balaban J connectivity index is 1.66. The van der Waals surface area contributed by atoms with Crippen LogP contribution in [0.15, 0.2) is 42.9 Å². The van der Waals surface area contributed by atoms with Crippen LogP contribution in [0.3, 0.4) is 0 Å². The molecule has 0 radical (unpaired) electrons. The quantitative estimate of drug-likeness (QED) is 0.456. The maximum absolute atomic E-state index is 12.6. The lowest BCUT2D eigenvalue weighted by Crippen LogP contribution is -2.43. The molecule has 7 heteroatoms. The van der Waals surface area contributed by atoms with Crippen molar-refractivity contribution in [3.05, 3.63) is 59.8 Å². The van der Waals surface area contributed by atoms with Gasteiger partial charge >= 0.3 is 11.7 Å². The highest BCUT2D eigenvalue weighted by Crippen LogP contribution is 2.35. The number of aromatic nitrogens is 2. The van der Waals surface area contributed by atoms with Crippen molar-refractivity contribution in [1.29, 1.82) is 0 Å². The number of nitrogens with one attached hydrogen (secondary N) is 3. The zero-order chi connectivity index (χ0) is 19.0. The second kappa shape index (κ2) is 6.90. The number of anilines is 2. The molecule has 5 N–H and O–H groups in total. The third-order valence-electron chi connectivity index (χ3n) is 5.13. The van der Waals surface area contributed by atoms with Crippen LogP contribution in [0.4, 0.5) is 11.5 Å². The molecule has 2 unspecified atom stereocenters. The summed E-state index contributed by atoms with van der Waals surface area (Å²) in [4.78, 5) is 17.6.